The summed E-state index contributed by atoms with van der Waals surface area (Å²) in [6, 6.07) is 7.64. The lowest BCUT2D eigenvalue weighted by Crippen LogP contribution is -2.47. The van der Waals surface area contributed by atoms with Gasteiger partial charge in [0.25, 0.3) is 0 Å². The van der Waals surface area contributed by atoms with Gasteiger partial charge in [0, 0.05) is 37.2 Å². The standard InChI is InChI=1S/C13H19BrN2O2/c14-11-1-3-13(4-2-11)18-10-12(17)9-16-7-5-15-6-8-16/h1-4,12,15,17H,5-10H2. The third-order valence-electron chi connectivity index (χ3n) is 2.93. The number of ether oxygens (including phenoxy) is 1. The Balaban J connectivity index is 1.70. The lowest BCUT2D eigenvalue weighted by molar-refractivity contribution is 0.0641. The molecule has 0 saturated carbocycles. The van der Waals surface area contributed by atoms with Gasteiger partial charge in [0.1, 0.15) is 18.5 Å². The molecule has 1 unspecified atom stereocenters. The van der Waals surface area contributed by atoms with E-state index in [2.05, 4.69) is 26.1 Å². The molecule has 0 bridgehead atoms. The quantitative estimate of drug-likeness (QED) is 0.854. The fraction of sp³-hybridized carbons (Fsp3) is 0.538. The van der Waals surface area contributed by atoms with Crippen LogP contribution in [0.4, 0.5) is 0 Å². The van der Waals surface area contributed by atoms with Crippen LogP contribution in [-0.2, 0) is 0 Å². The summed E-state index contributed by atoms with van der Waals surface area (Å²) in [6.07, 6.45) is -0.438. The van der Waals surface area contributed by atoms with E-state index in [-0.39, 0.29) is 0 Å². The Morgan fingerprint density at radius 1 is 1.28 bits per heavy atom. The van der Waals surface area contributed by atoms with Crippen molar-refractivity contribution in [3.05, 3.63) is 28.7 Å². The van der Waals surface area contributed by atoms with Crippen LogP contribution in [0.15, 0.2) is 28.7 Å². The highest BCUT2D eigenvalue weighted by atomic mass is 79.9. The molecular formula is C13H19BrN2O2. The summed E-state index contributed by atoms with van der Waals surface area (Å²) in [5.41, 5.74) is 0. The molecule has 5 heteroatoms. The molecule has 0 aromatic heterocycles. The van der Waals surface area contributed by atoms with Crippen LogP contribution >= 0.6 is 15.9 Å². The first kappa shape index (κ1) is 13.8. The van der Waals surface area contributed by atoms with Crippen molar-refractivity contribution < 1.29 is 9.84 Å². The van der Waals surface area contributed by atoms with Gasteiger partial charge < -0.3 is 15.2 Å². The van der Waals surface area contributed by atoms with Crippen LogP contribution in [0.2, 0.25) is 0 Å². The van der Waals surface area contributed by atoms with E-state index in [9.17, 15) is 5.11 Å². The number of nitrogens with zero attached hydrogens (tertiary/aromatic N) is 1. The van der Waals surface area contributed by atoms with Crippen LogP contribution in [0.3, 0.4) is 0 Å². The molecule has 1 atom stereocenters. The van der Waals surface area contributed by atoms with Crippen LogP contribution in [-0.4, -0.2) is 55.4 Å². The maximum Gasteiger partial charge on any atom is 0.119 e. The predicted molar refractivity (Wildman–Crippen MR) is 75.0 cm³/mol. The zero-order chi connectivity index (χ0) is 12.8. The van der Waals surface area contributed by atoms with Gasteiger partial charge in [0.15, 0.2) is 0 Å². The normalized spacial score (nSPS) is 18.6. The molecule has 1 saturated heterocycles. The molecule has 0 aliphatic carbocycles. The smallest absolute Gasteiger partial charge is 0.119 e. The molecule has 0 amide bonds. The summed E-state index contributed by atoms with van der Waals surface area (Å²) in [5.74, 6) is 0.789. The van der Waals surface area contributed by atoms with E-state index in [1.807, 2.05) is 24.3 Å². The second-order valence-electron chi connectivity index (χ2n) is 4.47. The SMILES string of the molecule is OC(COc1ccc(Br)cc1)CN1CCNCC1. The first-order valence-electron chi connectivity index (χ1n) is 6.23. The van der Waals surface area contributed by atoms with Crippen molar-refractivity contribution in [3.63, 3.8) is 0 Å². The van der Waals surface area contributed by atoms with Crippen LogP contribution in [0.5, 0.6) is 5.75 Å². The number of hydrogen-bond donors (Lipinski definition) is 2. The molecular weight excluding hydrogens is 296 g/mol. The minimum Gasteiger partial charge on any atom is -0.491 e. The van der Waals surface area contributed by atoms with Crippen molar-refractivity contribution in [1.29, 1.82) is 0 Å². The van der Waals surface area contributed by atoms with Gasteiger partial charge in [-0.1, -0.05) is 15.9 Å². The highest BCUT2D eigenvalue weighted by Crippen LogP contribution is 2.16. The summed E-state index contributed by atoms with van der Waals surface area (Å²) in [6.45, 7) is 5.01. The van der Waals surface area contributed by atoms with Gasteiger partial charge in [-0.15, -0.1) is 0 Å². The third kappa shape index (κ3) is 4.57. The number of nitrogens with one attached hydrogen (secondary N) is 1. The maximum atomic E-state index is 9.92. The molecule has 100 valence electrons. The average molecular weight is 315 g/mol. The third-order valence-corrected chi connectivity index (χ3v) is 3.46. The van der Waals surface area contributed by atoms with Gasteiger partial charge in [-0.25, -0.2) is 0 Å². The molecule has 4 nitrogen and oxygen atoms in total. The van der Waals surface area contributed by atoms with Crippen molar-refractivity contribution in [2.45, 2.75) is 6.10 Å². The first-order chi connectivity index (χ1) is 8.74. The zero-order valence-corrected chi connectivity index (χ0v) is 11.9. The Bertz CT molecular complexity index is 353. The molecule has 18 heavy (non-hydrogen) atoms. The summed E-state index contributed by atoms with van der Waals surface area (Å²) in [5, 5.41) is 13.2. The van der Waals surface area contributed by atoms with Crippen molar-refractivity contribution in [2.75, 3.05) is 39.3 Å². The molecule has 2 N–H and O–H groups in total. The Hall–Kier alpha value is -0.620. The number of rotatable bonds is 5. The van der Waals surface area contributed by atoms with Gasteiger partial charge in [0.05, 0.1) is 0 Å². The first-order valence-corrected chi connectivity index (χ1v) is 7.03. The van der Waals surface area contributed by atoms with Crippen molar-refractivity contribution in [3.8, 4) is 5.75 Å². The second-order valence-corrected chi connectivity index (χ2v) is 5.39. The number of halogens is 1. The predicted octanol–water partition coefficient (Wildman–Crippen LogP) is 1.09. The van der Waals surface area contributed by atoms with E-state index >= 15 is 0 Å². The molecule has 1 aliphatic heterocycles. The van der Waals surface area contributed by atoms with Gasteiger partial charge in [0.2, 0.25) is 0 Å². The summed E-state index contributed by atoms with van der Waals surface area (Å²) < 4.78 is 6.58. The number of benzene rings is 1. The molecule has 0 spiro atoms. The van der Waals surface area contributed by atoms with E-state index in [1.165, 1.54) is 0 Å². The topological polar surface area (TPSA) is 44.7 Å². The summed E-state index contributed by atoms with van der Waals surface area (Å²) in [4.78, 5) is 2.26. The Morgan fingerprint density at radius 2 is 1.94 bits per heavy atom. The highest BCUT2D eigenvalue weighted by Gasteiger charge is 2.14. The summed E-state index contributed by atoms with van der Waals surface area (Å²) in [7, 11) is 0. The van der Waals surface area contributed by atoms with Gasteiger partial charge in [-0.2, -0.15) is 0 Å². The fourth-order valence-electron chi connectivity index (χ4n) is 1.97. The average Bonchev–Trinajstić information content (AvgIpc) is 2.39. The van der Waals surface area contributed by atoms with E-state index in [0.717, 1.165) is 36.4 Å². The van der Waals surface area contributed by atoms with Crippen LogP contribution in [0.1, 0.15) is 0 Å². The molecule has 1 fully saturated rings. The molecule has 1 heterocycles. The van der Waals surface area contributed by atoms with E-state index in [4.69, 9.17) is 4.74 Å². The van der Waals surface area contributed by atoms with Crippen molar-refractivity contribution in [1.82, 2.24) is 10.2 Å². The van der Waals surface area contributed by atoms with Gasteiger partial charge >= 0.3 is 0 Å². The van der Waals surface area contributed by atoms with Crippen molar-refractivity contribution in [2.24, 2.45) is 0 Å². The van der Waals surface area contributed by atoms with Crippen LogP contribution < -0.4 is 10.1 Å². The number of β-amino-alcohol motifs (C(OH)–C–C–N with tert-alkyl or cyclic N) is 1. The molecule has 0 radical (unpaired) electrons. The fourth-order valence-corrected chi connectivity index (χ4v) is 2.23. The molecule has 1 aromatic rings. The van der Waals surface area contributed by atoms with Crippen LogP contribution in [0.25, 0.3) is 0 Å². The Morgan fingerprint density at radius 3 is 2.61 bits per heavy atom. The summed E-state index contributed by atoms with van der Waals surface area (Å²) >= 11 is 3.37. The largest absolute Gasteiger partial charge is 0.491 e. The maximum absolute atomic E-state index is 9.92. The highest BCUT2D eigenvalue weighted by molar-refractivity contribution is 9.10. The number of aliphatic hydroxyl groups excluding tert-OH is 1. The van der Waals surface area contributed by atoms with Gasteiger partial charge in [-0.05, 0) is 24.3 Å². The Kier molecular flexibility index (Phi) is 5.44. The zero-order valence-electron chi connectivity index (χ0n) is 10.3. The van der Waals surface area contributed by atoms with E-state index in [1.54, 1.807) is 0 Å². The van der Waals surface area contributed by atoms with Crippen molar-refractivity contribution >= 4 is 15.9 Å². The Labute approximate surface area is 116 Å². The van der Waals surface area contributed by atoms with Crippen LogP contribution in [0, 0.1) is 0 Å². The van der Waals surface area contributed by atoms with Gasteiger partial charge in [-0.3, -0.25) is 4.90 Å². The second kappa shape index (κ2) is 7.09. The number of hydrogen-bond acceptors (Lipinski definition) is 4. The molecule has 1 aromatic carbocycles. The van der Waals surface area contributed by atoms with E-state index < -0.39 is 6.10 Å². The number of aliphatic hydroxyl groups is 1. The minimum absolute atomic E-state index is 0.339. The number of piperazine rings is 1. The van der Waals surface area contributed by atoms with E-state index in [0.29, 0.717) is 13.2 Å². The monoisotopic (exact) mass is 314 g/mol. The lowest BCUT2D eigenvalue weighted by Gasteiger charge is -2.28. The molecule has 1 aliphatic rings. The lowest BCUT2D eigenvalue weighted by atomic mass is 10.3. The minimum atomic E-state index is -0.438. The molecule has 2 rings (SSSR count).